The minimum absolute atomic E-state index is 0.0384. The number of nitrogens with one attached hydrogen (secondary N) is 1. The van der Waals surface area contributed by atoms with Crippen molar-refractivity contribution >= 4 is 40.1 Å². The summed E-state index contributed by atoms with van der Waals surface area (Å²) in [5.41, 5.74) is 7.35. The molecule has 0 aliphatic carbocycles. The number of hydrogen-bond acceptors (Lipinski definition) is 7. The first-order valence-corrected chi connectivity index (χ1v) is 10.6. The molecular formula is C22H25N3O6S. The van der Waals surface area contributed by atoms with Crippen molar-refractivity contribution in [2.45, 2.75) is 19.9 Å². The number of nitrogens with two attached hydrogens (primary N) is 1. The van der Waals surface area contributed by atoms with Gasteiger partial charge in [-0.1, -0.05) is 0 Å². The van der Waals surface area contributed by atoms with E-state index in [1.807, 2.05) is 0 Å². The van der Waals surface area contributed by atoms with E-state index >= 15 is 0 Å². The topological polar surface area (TPSA) is 120 Å². The molecule has 0 unspecified atom stereocenters. The first-order valence-electron chi connectivity index (χ1n) is 9.77. The van der Waals surface area contributed by atoms with Gasteiger partial charge in [0.1, 0.15) is 5.00 Å². The lowest BCUT2D eigenvalue weighted by atomic mass is 10.0. The Morgan fingerprint density at radius 3 is 2.31 bits per heavy atom. The first-order chi connectivity index (χ1) is 15.3. The number of anilines is 1. The molecule has 170 valence electrons. The second-order valence-electron chi connectivity index (χ2n) is 7.04. The van der Waals surface area contributed by atoms with E-state index in [2.05, 4.69) is 5.32 Å². The Kier molecular flexibility index (Phi) is 7.04. The van der Waals surface area contributed by atoms with Crippen LogP contribution in [0.5, 0.6) is 17.2 Å². The summed E-state index contributed by atoms with van der Waals surface area (Å²) >= 11 is 1.26. The van der Waals surface area contributed by atoms with Gasteiger partial charge in [0.2, 0.25) is 17.6 Å². The van der Waals surface area contributed by atoms with Crippen LogP contribution >= 0.6 is 11.3 Å². The van der Waals surface area contributed by atoms with E-state index in [0.717, 1.165) is 10.4 Å². The van der Waals surface area contributed by atoms with Gasteiger partial charge in [0, 0.05) is 24.4 Å². The molecule has 0 spiro atoms. The number of fused-ring (bicyclic) bond motifs is 1. The van der Waals surface area contributed by atoms with E-state index in [9.17, 15) is 14.4 Å². The third kappa shape index (κ3) is 4.70. The van der Waals surface area contributed by atoms with Gasteiger partial charge in [-0.2, -0.15) is 0 Å². The van der Waals surface area contributed by atoms with Gasteiger partial charge < -0.3 is 30.2 Å². The summed E-state index contributed by atoms with van der Waals surface area (Å²) < 4.78 is 15.9. The fourth-order valence-corrected chi connectivity index (χ4v) is 4.82. The van der Waals surface area contributed by atoms with Crippen LogP contribution in [0.3, 0.4) is 0 Å². The SMILES string of the molecule is COc1cc(/C=C/C(=O)Nc2sc3c(c2C(N)=O)CCN(C(C)=O)C3)cc(OC)c1OC. The predicted molar refractivity (Wildman–Crippen MR) is 121 cm³/mol. The molecule has 32 heavy (non-hydrogen) atoms. The average Bonchev–Trinajstić information content (AvgIpc) is 3.13. The van der Waals surface area contributed by atoms with Gasteiger partial charge >= 0.3 is 0 Å². The molecule has 3 amide bonds. The molecule has 1 aromatic carbocycles. The number of carbonyl (C=O) groups is 3. The zero-order valence-electron chi connectivity index (χ0n) is 18.3. The van der Waals surface area contributed by atoms with Crippen LogP contribution in [0.1, 0.15) is 33.3 Å². The standard InChI is InChI=1S/C22H25N3O6S/c1-12(26)25-8-7-14-17(11-25)32-22(19(14)21(23)28)24-18(27)6-5-13-9-15(29-2)20(31-4)16(10-13)30-3/h5-6,9-10H,7-8,11H2,1-4H3,(H2,23,28)(H,24,27)/b6-5+. The fourth-order valence-electron chi connectivity index (χ4n) is 3.54. The molecule has 1 aromatic heterocycles. The van der Waals surface area contributed by atoms with Crippen molar-refractivity contribution in [3.63, 3.8) is 0 Å². The normalized spacial score (nSPS) is 12.9. The minimum atomic E-state index is -0.609. The highest BCUT2D eigenvalue weighted by Crippen LogP contribution is 2.39. The molecule has 0 atom stereocenters. The number of methoxy groups -OCH3 is 3. The summed E-state index contributed by atoms with van der Waals surface area (Å²) in [7, 11) is 4.53. The van der Waals surface area contributed by atoms with Crippen LogP contribution in [-0.2, 0) is 22.6 Å². The van der Waals surface area contributed by atoms with Crippen molar-refractivity contribution < 1.29 is 28.6 Å². The van der Waals surface area contributed by atoms with Crippen LogP contribution in [0.2, 0.25) is 0 Å². The predicted octanol–water partition coefficient (Wildman–Crippen LogP) is 2.43. The van der Waals surface area contributed by atoms with Gasteiger partial charge in [-0.3, -0.25) is 14.4 Å². The van der Waals surface area contributed by atoms with E-state index < -0.39 is 11.8 Å². The number of benzene rings is 1. The first kappa shape index (κ1) is 23.1. The Morgan fingerprint density at radius 1 is 1.12 bits per heavy atom. The summed E-state index contributed by atoms with van der Waals surface area (Å²) in [6.45, 7) is 2.41. The maximum Gasteiger partial charge on any atom is 0.251 e. The highest BCUT2D eigenvalue weighted by Gasteiger charge is 2.28. The lowest BCUT2D eigenvalue weighted by Gasteiger charge is -2.25. The Bertz CT molecular complexity index is 1070. The average molecular weight is 460 g/mol. The third-order valence-electron chi connectivity index (χ3n) is 5.10. The monoisotopic (exact) mass is 459 g/mol. The van der Waals surface area contributed by atoms with Gasteiger partial charge in [0.25, 0.3) is 5.91 Å². The number of thiophene rings is 1. The van der Waals surface area contributed by atoms with Crippen molar-refractivity contribution in [2.75, 3.05) is 33.2 Å². The highest BCUT2D eigenvalue weighted by atomic mass is 32.1. The van der Waals surface area contributed by atoms with Crippen LogP contribution in [0, 0.1) is 0 Å². The molecule has 0 radical (unpaired) electrons. The van der Waals surface area contributed by atoms with Gasteiger partial charge in [-0.15, -0.1) is 11.3 Å². The number of rotatable bonds is 7. The Labute approximate surface area is 189 Å². The number of carbonyl (C=O) groups excluding carboxylic acids is 3. The maximum absolute atomic E-state index is 12.6. The second-order valence-corrected chi connectivity index (χ2v) is 8.15. The molecule has 1 aliphatic rings. The van der Waals surface area contributed by atoms with E-state index in [4.69, 9.17) is 19.9 Å². The van der Waals surface area contributed by atoms with Crippen molar-refractivity contribution in [3.8, 4) is 17.2 Å². The van der Waals surface area contributed by atoms with Gasteiger partial charge in [-0.25, -0.2) is 0 Å². The van der Waals surface area contributed by atoms with Gasteiger partial charge in [0.15, 0.2) is 11.5 Å². The second kappa shape index (κ2) is 9.73. The van der Waals surface area contributed by atoms with Crippen LogP contribution in [0.15, 0.2) is 18.2 Å². The molecule has 3 rings (SSSR count). The Balaban J connectivity index is 1.83. The number of ether oxygens (including phenoxy) is 3. The van der Waals surface area contributed by atoms with E-state index in [1.54, 1.807) is 23.1 Å². The fraction of sp³-hybridized carbons (Fsp3) is 0.318. The quantitative estimate of drug-likeness (QED) is 0.614. The molecular weight excluding hydrogens is 434 g/mol. The lowest BCUT2D eigenvalue weighted by Crippen LogP contribution is -2.34. The molecule has 9 nitrogen and oxygen atoms in total. The summed E-state index contributed by atoms with van der Waals surface area (Å²) in [6.07, 6.45) is 3.45. The molecule has 0 saturated heterocycles. The smallest absolute Gasteiger partial charge is 0.251 e. The van der Waals surface area contributed by atoms with Gasteiger partial charge in [-0.05, 0) is 35.8 Å². The van der Waals surface area contributed by atoms with Crippen molar-refractivity contribution in [3.05, 3.63) is 39.8 Å². The van der Waals surface area contributed by atoms with Gasteiger partial charge in [0.05, 0.1) is 33.4 Å². The highest BCUT2D eigenvalue weighted by molar-refractivity contribution is 7.17. The molecule has 0 fully saturated rings. The van der Waals surface area contributed by atoms with Crippen molar-refractivity contribution in [1.29, 1.82) is 0 Å². The van der Waals surface area contributed by atoms with E-state index in [-0.39, 0.29) is 5.91 Å². The third-order valence-corrected chi connectivity index (χ3v) is 6.23. The molecule has 2 heterocycles. The maximum atomic E-state index is 12.6. The van der Waals surface area contributed by atoms with Crippen LogP contribution in [0.25, 0.3) is 6.08 Å². The zero-order chi connectivity index (χ0) is 23.4. The molecule has 0 bridgehead atoms. The molecule has 3 N–H and O–H groups in total. The molecule has 2 aromatic rings. The van der Waals surface area contributed by atoms with Crippen LogP contribution in [-0.4, -0.2) is 50.5 Å². The molecule has 10 heteroatoms. The number of hydrogen-bond donors (Lipinski definition) is 2. The summed E-state index contributed by atoms with van der Waals surface area (Å²) in [5.74, 6) is 0.300. The van der Waals surface area contributed by atoms with Crippen molar-refractivity contribution in [2.24, 2.45) is 5.73 Å². The van der Waals surface area contributed by atoms with E-state index in [0.29, 0.717) is 52.9 Å². The Morgan fingerprint density at radius 2 is 1.78 bits per heavy atom. The largest absolute Gasteiger partial charge is 0.493 e. The van der Waals surface area contributed by atoms with Crippen LogP contribution in [0.4, 0.5) is 5.00 Å². The van der Waals surface area contributed by atoms with E-state index in [1.165, 1.54) is 45.7 Å². The summed E-state index contributed by atoms with van der Waals surface area (Å²) in [6, 6.07) is 3.42. The Hall–Kier alpha value is -3.53. The number of nitrogens with zero attached hydrogens (tertiary/aromatic N) is 1. The van der Waals surface area contributed by atoms with Crippen LogP contribution < -0.4 is 25.3 Å². The number of primary amides is 1. The zero-order valence-corrected chi connectivity index (χ0v) is 19.1. The lowest BCUT2D eigenvalue weighted by molar-refractivity contribution is -0.129. The molecule has 0 saturated carbocycles. The summed E-state index contributed by atoms with van der Waals surface area (Å²) in [5, 5.41) is 3.13. The minimum Gasteiger partial charge on any atom is -0.493 e. The van der Waals surface area contributed by atoms with Crippen molar-refractivity contribution in [1.82, 2.24) is 4.90 Å². The summed E-state index contributed by atoms with van der Waals surface area (Å²) in [4.78, 5) is 38.9. The molecule has 1 aliphatic heterocycles. The number of amides is 3.